The molecule has 1 aromatic carbocycles. The van der Waals surface area contributed by atoms with Crippen molar-refractivity contribution in [2.75, 3.05) is 40.1 Å². The Kier molecular flexibility index (Phi) is 7.50. The quantitative estimate of drug-likeness (QED) is 0.720. The second kappa shape index (κ2) is 8.89. The van der Waals surface area contributed by atoms with Crippen LogP contribution in [0.2, 0.25) is 0 Å². The van der Waals surface area contributed by atoms with Crippen LogP contribution in [0, 0.1) is 5.92 Å². The molecule has 0 aromatic heterocycles. The van der Waals surface area contributed by atoms with Crippen LogP contribution in [0.1, 0.15) is 24.2 Å². The van der Waals surface area contributed by atoms with Crippen LogP contribution in [0.25, 0.3) is 0 Å². The van der Waals surface area contributed by atoms with Gasteiger partial charge in [-0.05, 0) is 18.1 Å². The van der Waals surface area contributed by atoms with Crippen molar-refractivity contribution < 1.29 is 22.7 Å². The number of hydrogen-bond donors (Lipinski definition) is 1. The summed E-state index contributed by atoms with van der Waals surface area (Å²) in [6, 6.07) is 5.06. The molecule has 1 rings (SSSR count). The number of nitrogens with zero attached hydrogens (tertiary/aromatic N) is 1. The fourth-order valence-corrected chi connectivity index (χ4v) is 3.25. The summed E-state index contributed by atoms with van der Waals surface area (Å²) < 4.78 is 35.3. The van der Waals surface area contributed by atoms with E-state index in [1.54, 1.807) is 18.2 Å². The number of sulfonamides is 1. The number of methoxy groups -OCH3 is 2. The molecule has 1 N–H and O–H groups in total. The summed E-state index contributed by atoms with van der Waals surface area (Å²) in [6.07, 6.45) is 1.17. The zero-order valence-corrected chi connectivity index (χ0v) is 15.6. The molecule has 0 spiro atoms. The first-order chi connectivity index (χ1) is 11.2. The Bertz CT molecular complexity index is 636. The molecule has 136 valence electrons. The Morgan fingerprint density at radius 3 is 2.17 bits per heavy atom. The normalized spacial score (nSPS) is 11.6. The van der Waals surface area contributed by atoms with E-state index in [2.05, 4.69) is 5.32 Å². The largest absolute Gasteiger partial charge is 0.496 e. The van der Waals surface area contributed by atoms with Crippen LogP contribution in [0.5, 0.6) is 11.5 Å². The van der Waals surface area contributed by atoms with E-state index in [1.165, 1.54) is 24.8 Å². The first kappa shape index (κ1) is 20.2. The van der Waals surface area contributed by atoms with E-state index < -0.39 is 10.0 Å². The van der Waals surface area contributed by atoms with Crippen molar-refractivity contribution in [2.24, 2.45) is 5.92 Å². The van der Waals surface area contributed by atoms with Crippen molar-refractivity contribution in [2.45, 2.75) is 13.8 Å². The van der Waals surface area contributed by atoms with Crippen LogP contribution in [-0.2, 0) is 10.0 Å². The molecule has 1 amide bonds. The highest BCUT2D eigenvalue weighted by molar-refractivity contribution is 7.88. The van der Waals surface area contributed by atoms with Crippen LogP contribution >= 0.6 is 0 Å². The third kappa shape index (κ3) is 5.68. The Balaban J connectivity index is 2.79. The number of ether oxygens (including phenoxy) is 2. The van der Waals surface area contributed by atoms with Crippen LogP contribution in [0.3, 0.4) is 0 Å². The molecular formula is C16H26N2O5S. The number of hydrogen-bond acceptors (Lipinski definition) is 5. The lowest BCUT2D eigenvalue weighted by molar-refractivity contribution is 0.0945. The first-order valence-electron chi connectivity index (χ1n) is 7.65. The van der Waals surface area contributed by atoms with Crippen LogP contribution in [0.15, 0.2) is 18.2 Å². The molecule has 0 aliphatic carbocycles. The average molecular weight is 358 g/mol. The smallest absolute Gasteiger partial charge is 0.258 e. The van der Waals surface area contributed by atoms with Crippen molar-refractivity contribution in [3.05, 3.63) is 23.8 Å². The molecule has 0 heterocycles. The number of carbonyl (C=O) groups is 1. The van der Waals surface area contributed by atoms with Gasteiger partial charge < -0.3 is 14.8 Å². The fourth-order valence-electron chi connectivity index (χ4n) is 2.26. The van der Waals surface area contributed by atoms with Crippen LogP contribution in [-0.4, -0.2) is 58.7 Å². The Morgan fingerprint density at radius 1 is 1.21 bits per heavy atom. The van der Waals surface area contributed by atoms with E-state index in [9.17, 15) is 13.2 Å². The molecule has 8 heteroatoms. The van der Waals surface area contributed by atoms with Crippen LogP contribution in [0.4, 0.5) is 0 Å². The second-order valence-corrected chi connectivity index (χ2v) is 7.79. The van der Waals surface area contributed by atoms with Crippen molar-refractivity contribution in [3.8, 4) is 11.5 Å². The summed E-state index contributed by atoms with van der Waals surface area (Å²) >= 11 is 0. The Morgan fingerprint density at radius 2 is 1.75 bits per heavy atom. The van der Waals surface area contributed by atoms with Crippen molar-refractivity contribution in [1.82, 2.24) is 9.62 Å². The highest BCUT2D eigenvalue weighted by Gasteiger charge is 2.20. The van der Waals surface area contributed by atoms with Crippen LogP contribution < -0.4 is 14.8 Å². The molecule has 0 aliphatic rings. The van der Waals surface area contributed by atoms with Crippen molar-refractivity contribution >= 4 is 15.9 Å². The lowest BCUT2D eigenvalue weighted by Crippen LogP contribution is -2.40. The third-order valence-electron chi connectivity index (χ3n) is 3.34. The average Bonchev–Trinajstić information content (AvgIpc) is 2.51. The number of rotatable bonds is 9. The second-order valence-electron chi connectivity index (χ2n) is 5.81. The van der Waals surface area contributed by atoms with Gasteiger partial charge in [0.15, 0.2) is 0 Å². The molecule has 0 atom stereocenters. The minimum atomic E-state index is -3.32. The number of carbonyl (C=O) groups excluding carboxylic acids is 1. The zero-order valence-electron chi connectivity index (χ0n) is 14.8. The molecule has 24 heavy (non-hydrogen) atoms. The molecule has 1 aromatic rings. The van der Waals surface area contributed by atoms with Gasteiger partial charge in [-0.25, -0.2) is 12.7 Å². The van der Waals surface area contributed by atoms with Gasteiger partial charge >= 0.3 is 0 Å². The van der Waals surface area contributed by atoms with E-state index in [4.69, 9.17) is 9.47 Å². The van der Waals surface area contributed by atoms with Gasteiger partial charge in [-0.3, -0.25) is 4.79 Å². The lowest BCUT2D eigenvalue weighted by Gasteiger charge is -2.22. The summed E-state index contributed by atoms with van der Waals surface area (Å²) in [5, 5.41) is 2.72. The van der Waals surface area contributed by atoms with Crippen molar-refractivity contribution in [1.29, 1.82) is 0 Å². The molecule has 7 nitrogen and oxygen atoms in total. The molecule has 0 saturated heterocycles. The molecule has 0 unspecified atom stereocenters. The van der Waals surface area contributed by atoms with E-state index >= 15 is 0 Å². The number of benzene rings is 1. The topological polar surface area (TPSA) is 84.9 Å². The summed E-state index contributed by atoms with van der Waals surface area (Å²) in [4.78, 5) is 12.4. The summed E-state index contributed by atoms with van der Waals surface area (Å²) in [6.45, 7) is 4.69. The standard InChI is InChI=1S/C16H26N2O5S/c1-12(2)11-18(24(5,20)21)10-9-17-16(19)15-13(22-3)7-6-8-14(15)23-4/h6-8,12H,9-11H2,1-5H3,(H,17,19). The summed E-state index contributed by atoms with van der Waals surface area (Å²) in [7, 11) is -0.372. The maximum absolute atomic E-state index is 12.4. The third-order valence-corrected chi connectivity index (χ3v) is 4.61. The number of amides is 1. The lowest BCUT2D eigenvalue weighted by atomic mass is 10.1. The van der Waals surface area contributed by atoms with E-state index in [-0.39, 0.29) is 30.5 Å². The number of nitrogens with one attached hydrogen (secondary N) is 1. The van der Waals surface area contributed by atoms with Gasteiger partial charge in [0.05, 0.1) is 20.5 Å². The molecule has 0 fully saturated rings. The minimum absolute atomic E-state index is 0.194. The Labute approximate surface area is 144 Å². The van der Waals surface area contributed by atoms with Gasteiger partial charge in [0.1, 0.15) is 17.1 Å². The first-order valence-corrected chi connectivity index (χ1v) is 9.49. The minimum Gasteiger partial charge on any atom is -0.496 e. The van der Waals surface area contributed by atoms with Crippen molar-refractivity contribution in [3.63, 3.8) is 0 Å². The summed E-state index contributed by atoms with van der Waals surface area (Å²) in [5.74, 6) is 0.620. The van der Waals surface area contributed by atoms with Gasteiger partial charge in [0, 0.05) is 19.6 Å². The predicted molar refractivity (Wildman–Crippen MR) is 93.1 cm³/mol. The summed E-state index contributed by atoms with van der Waals surface area (Å²) in [5.41, 5.74) is 0.289. The van der Waals surface area contributed by atoms with Gasteiger partial charge in [0.25, 0.3) is 5.91 Å². The highest BCUT2D eigenvalue weighted by Crippen LogP contribution is 2.27. The fraction of sp³-hybridized carbons (Fsp3) is 0.562. The van der Waals surface area contributed by atoms with E-state index in [0.29, 0.717) is 18.0 Å². The van der Waals surface area contributed by atoms with Gasteiger partial charge in [0.2, 0.25) is 10.0 Å². The predicted octanol–water partition coefficient (Wildman–Crippen LogP) is 1.35. The van der Waals surface area contributed by atoms with E-state index in [1.807, 2.05) is 13.8 Å². The molecule has 0 radical (unpaired) electrons. The van der Waals surface area contributed by atoms with Gasteiger partial charge in [-0.2, -0.15) is 0 Å². The maximum Gasteiger partial charge on any atom is 0.258 e. The molecular weight excluding hydrogens is 332 g/mol. The maximum atomic E-state index is 12.4. The van der Waals surface area contributed by atoms with Gasteiger partial charge in [-0.1, -0.05) is 19.9 Å². The van der Waals surface area contributed by atoms with Gasteiger partial charge in [-0.15, -0.1) is 0 Å². The zero-order chi connectivity index (χ0) is 18.3. The SMILES string of the molecule is COc1cccc(OC)c1C(=O)NCCN(CC(C)C)S(C)(=O)=O. The molecule has 0 bridgehead atoms. The molecule has 0 aliphatic heterocycles. The Hall–Kier alpha value is -1.80. The monoisotopic (exact) mass is 358 g/mol. The highest BCUT2D eigenvalue weighted by atomic mass is 32.2. The van der Waals surface area contributed by atoms with E-state index in [0.717, 1.165) is 0 Å². The molecule has 0 saturated carbocycles.